The Hall–Kier alpha value is -3.56. The van der Waals surface area contributed by atoms with Gasteiger partial charge in [0, 0.05) is 28.3 Å². The van der Waals surface area contributed by atoms with E-state index in [1.54, 1.807) is 35.1 Å². The summed E-state index contributed by atoms with van der Waals surface area (Å²) in [6.45, 7) is 2.25. The maximum Gasteiger partial charge on any atom is 0.341 e. The minimum atomic E-state index is -0.447. The van der Waals surface area contributed by atoms with Crippen molar-refractivity contribution in [3.8, 4) is 11.1 Å². The molecule has 0 saturated heterocycles. The SMILES string of the molecule is COC(=O)c1c(NC(=S)Nc2ccn(Cc3ccccc3F)n2)sc(C)c1-c1ccccc1. The van der Waals surface area contributed by atoms with Crippen molar-refractivity contribution >= 4 is 45.5 Å². The number of carbonyl (C=O) groups excluding carboxylic acids is 1. The first-order valence-electron chi connectivity index (χ1n) is 10.1. The average molecular weight is 481 g/mol. The lowest BCUT2D eigenvalue weighted by atomic mass is 10.0. The number of hydrogen-bond donors (Lipinski definition) is 2. The molecule has 4 aromatic rings. The van der Waals surface area contributed by atoms with Gasteiger partial charge in [-0.25, -0.2) is 9.18 Å². The number of anilines is 2. The van der Waals surface area contributed by atoms with Gasteiger partial charge in [0.05, 0.1) is 13.7 Å². The van der Waals surface area contributed by atoms with Gasteiger partial charge in [0.2, 0.25) is 0 Å². The zero-order chi connectivity index (χ0) is 23.4. The Bertz CT molecular complexity index is 1300. The number of aromatic nitrogens is 2. The molecule has 0 atom stereocenters. The fourth-order valence-electron chi connectivity index (χ4n) is 3.45. The lowest BCUT2D eigenvalue weighted by Gasteiger charge is -2.10. The Balaban J connectivity index is 1.52. The zero-order valence-corrected chi connectivity index (χ0v) is 19.6. The van der Waals surface area contributed by atoms with Crippen molar-refractivity contribution in [1.82, 2.24) is 9.78 Å². The van der Waals surface area contributed by atoms with Gasteiger partial charge in [-0.3, -0.25) is 4.68 Å². The second-order valence-electron chi connectivity index (χ2n) is 7.16. The van der Waals surface area contributed by atoms with Gasteiger partial charge in [0.1, 0.15) is 16.4 Å². The number of esters is 1. The molecule has 2 heterocycles. The number of methoxy groups -OCH3 is 1. The number of nitrogens with zero attached hydrogens (tertiary/aromatic N) is 2. The molecular weight excluding hydrogens is 459 g/mol. The highest BCUT2D eigenvalue weighted by Gasteiger charge is 2.24. The number of halogens is 1. The van der Waals surface area contributed by atoms with E-state index in [2.05, 4.69) is 15.7 Å². The topological polar surface area (TPSA) is 68.2 Å². The maximum absolute atomic E-state index is 13.9. The average Bonchev–Trinajstić information content (AvgIpc) is 3.38. The number of nitrogens with one attached hydrogen (secondary N) is 2. The molecule has 0 fully saturated rings. The van der Waals surface area contributed by atoms with Crippen LogP contribution in [0.4, 0.5) is 15.2 Å². The van der Waals surface area contributed by atoms with Crippen LogP contribution in [0, 0.1) is 12.7 Å². The Morgan fingerprint density at radius 2 is 1.85 bits per heavy atom. The second-order valence-corrected chi connectivity index (χ2v) is 8.80. The molecule has 0 bridgehead atoms. The van der Waals surface area contributed by atoms with Gasteiger partial charge < -0.3 is 15.4 Å². The highest BCUT2D eigenvalue weighted by molar-refractivity contribution is 7.80. The molecule has 0 aliphatic heterocycles. The molecular formula is C24H21FN4O2S2. The predicted molar refractivity (Wildman–Crippen MR) is 133 cm³/mol. The standard InChI is InChI=1S/C24H21FN4O2S2/c1-15-20(16-8-4-3-5-9-16)21(23(30)31-2)22(33-15)27-24(32)26-19-12-13-29(28-19)14-17-10-6-7-11-18(17)25/h3-13H,14H2,1-2H3,(H2,26,27,28,32). The lowest BCUT2D eigenvalue weighted by Crippen LogP contribution is -2.20. The molecule has 168 valence electrons. The minimum absolute atomic E-state index is 0.275. The molecule has 9 heteroatoms. The van der Waals surface area contributed by atoms with Crippen molar-refractivity contribution in [3.05, 3.63) is 88.7 Å². The lowest BCUT2D eigenvalue weighted by molar-refractivity contribution is 0.0603. The predicted octanol–water partition coefficient (Wildman–Crippen LogP) is 5.70. The van der Waals surface area contributed by atoms with Crippen molar-refractivity contribution in [3.63, 3.8) is 0 Å². The fourth-order valence-corrected chi connectivity index (χ4v) is 4.79. The first kappa shape index (κ1) is 22.6. The highest BCUT2D eigenvalue weighted by Crippen LogP contribution is 2.40. The molecule has 4 rings (SSSR count). The number of thiocarbonyl (C=S) groups is 1. The van der Waals surface area contributed by atoms with E-state index in [0.717, 1.165) is 16.0 Å². The first-order valence-corrected chi connectivity index (χ1v) is 11.3. The summed E-state index contributed by atoms with van der Waals surface area (Å²) >= 11 is 6.87. The van der Waals surface area contributed by atoms with Crippen molar-refractivity contribution in [1.29, 1.82) is 0 Å². The maximum atomic E-state index is 13.9. The monoisotopic (exact) mass is 480 g/mol. The van der Waals surface area contributed by atoms with E-state index in [4.69, 9.17) is 17.0 Å². The number of carbonyl (C=O) groups is 1. The van der Waals surface area contributed by atoms with Crippen LogP contribution in [0.3, 0.4) is 0 Å². The number of rotatable bonds is 6. The zero-order valence-electron chi connectivity index (χ0n) is 18.0. The number of aryl methyl sites for hydroxylation is 1. The van der Waals surface area contributed by atoms with Crippen LogP contribution >= 0.6 is 23.6 Å². The normalized spacial score (nSPS) is 10.6. The van der Waals surface area contributed by atoms with Gasteiger partial charge in [-0.05, 0) is 30.8 Å². The minimum Gasteiger partial charge on any atom is -0.465 e. The molecule has 0 spiro atoms. The molecule has 2 N–H and O–H groups in total. The summed E-state index contributed by atoms with van der Waals surface area (Å²) in [5.74, 6) is -0.227. The molecule has 6 nitrogen and oxygen atoms in total. The van der Waals surface area contributed by atoms with Crippen molar-refractivity contribution in [2.24, 2.45) is 0 Å². The van der Waals surface area contributed by atoms with Gasteiger partial charge in [0.15, 0.2) is 10.9 Å². The highest BCUT2D eigenvalue weighted by atomic mass is 32.1. The Kier molecular flexibility index (Phi) is 6.81. The number of ether oxygens (including phenoxy) is 1. The van der Waals surface area contributed by atoms with Crippen LogP contribution in [-0.2, 0) is 11.3 Å². The molecule has 33 heavy (non-hydrogen) atoms. The van der Waals surface area contributed by atoms with Crippen LogP contribution in [0.5, 0.6) is 0 Å². The third-order valence-electron chi connectivity index (χ3n) is 4.94. The summed E-state index contributed by atoms with van der Waals surface area (Å²) in [5.41, 5.74) is 2.70. The molecule has 0 amide bonds. The van der Waals surface area contributed by atoms with Gasteiger partial charge in [-0.2, -0.15) is 5.10 Å². The molecule has 0 radical (unpaired) electrons. The Labute approximate surface area is 200 Å². The van der Waals surface area contributed by atoms with Crippen LogP contribution in [-0.4, -0.2) is 28.0 Å². The molecule has 0 aliphatic rings. The first-order chi connectivity index (χ1) is 16.0. The smallest absolute Gasteiger partial charge is 0.341 e. The van der Waals surface area contributed by atoms with E-state index in [9.17, 15) is 9.18 Å². The summed E-state index contributed by atoms with van der Waals surface area (Å²) in [6, 6.07) is 18.0. The van der Waals surface area contributed by atoms with Gasteiger partial charge in [-0.15, -0.1) is 11.3 Å². The van der Waals surface area contributed by atoms with Crippen molar-refractivity contribution in [2.75, 3.05) is 17.7 Å². The van der Waals surface area contributed by atoms with E-state index >= 15 is 0 Å². The van der Waals surface area contributed by atoms with Crippen LogP contribution in [0.25, 0.3) is 11.1 Å². The van der Waals surface area contributed by atoms with Crippen LogP contribution < -0.4 is 10.6 Å². The summed E-state index contributed by atoms with van der Waals surface area (Å²) in [7, 11) is 1.35. The third kappa shape index (κ3) is 5.10. The van der Waals surface area contributed by atoms with Crippen LogP contribution in [0.2, 0.25) is 0 Å². The van der Waals surface area contributed by atoms with Gasteiger partial charge in [0.25, 0.3) is 0 Å². The van der Waals surface area contributed by atoms with Gasteiger partial charge in [-0.1, -0.05) is 48.5 Å². The number of hydrogen-bond acceptors (Lipinski definition) is 5. The molecule has 0 unspecified atom stereocenters. The van der Waals surface area contributed by atoms with Crippen LogP contribution in [0.15, 0.2) is 66.9 Å². The van der Waals surface area contributed by atoms with Gasteiger partial charge >= 0.3 is 5.97 Å². The van der Waals surface area contributed by atoms with E-state index in [1.807, 2.05) is 37.3 Å². The fraction of sp³-hybridized carbons (Fsp3) is 0.125. The Morgan fingerprint density at radius 3 is 2.58 bits per heavy atom. The summed E-state index contributed by atoms with van der Waals surface area (Å²) in [4.78, 5) is 13.6. The molecule has 2 aromatic heterocycles. The third-order valence-corrected chi connectivity index (χ3v) is 6.16. The molecule has 0 saturated carbocycles. The summed E-state index contributed by atoms with van der Waals surface area (Å²) in [6.07, 6.45) is 1.74. The number of benzene rings is 2. The van der Waals surface area contributed by atoms with Crippen LogP contribution in [0.1, 0.15) is 20.8 Å². The van der Waals surface area contributed by atoms with E-state index in [-0.39, 0.29) is 10.9 Å². The summed E-state index contributed by atoms with van der Waals surface area (Å²) in [5, 5.41) is 11.4. The Morgan fingerprint density at radius 1 is 1.12 bits per heavy atom. The second kappa shape index (κ2) is 9.93. The van der Waals surface area contributed by atoms with E-state index in [0.29, 0.717) is 28.5 Å². The number of thiophene rings is 1. The van der Waals surface area contributed by atoms with Crippen molar-refractivity contribution < 1.29 is 13.9 Å². The largest absolute Gasteiger partial charge is 0.465 e. The summed E-state index contributed by atoms with van der Waals surface area (Å²) < 4.78 is 20.6. The van der Waals surface area contributed by atoms with E-state index in [1.165, 1.54) is 24.5 Å². The quantitative estimate of drug-likeness (QED) is 0.272. The molecule has 2 aromatic carbocycles. The van der Waals surface area contributed by atoms with E-state index < -0.39 is 5.97 Å². The molecule has 0 aliphatic carbocycles. The van der Waals surface area contributed by atoms with Crippen molar-refractivity contribution in [2.45, 2.75) is 13.5 Å².